The molecule has 6 heteroatoms. The summed E-state index contributed by atoms with van der Waals surface area (Å²) < 4.78 is 18.3. The molecule has 0 aromatic heterocycles. The van der Waals surface area contributed by atoms with Gasteiger partial charge < -0.3 is 15.4 Å². The Hall–Kier alpha value is -2.89. The van der Waals surface area contributed by atoms with Crippen LogP contribution in [0.25, 0.3) is 0 Å². The first-order valence-corrected chi connectivity index (χ1v) is 6.25. The first kappa shape index (κ1) is 13.1. The van der Waals surface area contributed by atoms with Gasteiger partial charge in [-0.25, -0.2) is 4.39 Å². The Morgan fingerprint density at radius 3 is 2.90 bits per heavy atom. The molecule has 1 aliphatic heterocycles. The lowest BCUT2D eigenvalue weighted by atomic mass is 10.1. The van der Waals surface area contributed by atoms with Gasteiger partial charge in [-0.15, -0.1) is 0 Å². The van der Waals surface area contributed by atoms with E-state index in [-0.39, 0.29) is 18.4 Å². The third-order valence-electron chi connectivity index (χ3n) is 2.96. The molecule has 1 aliphatic rings. The van der Waals surface area contributed by atoms with E-state index in [0.717, 1.165) is 0 Å². The maximum absolute atomic E-state index is 13.1. The highest BCUT2D eigenvalue weighted by Crippen LogP contribution is 2.28. The summed E-state index contributed by atoms with van der Waals surface area (Å²) in [6.45, 7) is -0.0814. The number of amides is 2. The number of anilines is 2. The second-order valence-corrected chi connectivity index (χ2v) is 4.51. The number of fused-ring (bicyclic) bond motifs is 1. The Kier molecular flexibility index (Phi) is 3.27. The Morgan fingerprint density at radius 1 is 1.24 bits per heavy atom. The predicted octanol–water partition coefficient (Wildman–Crippen LogP) is 2.41. The van der Waals surface area contributed by atoms with Gasteiger partial charge in [-0.3, -0.25) is 9.59 Å². The fourth-order valence-electron chi connectivity index (χ4n) is 1.99. The van der Waals surface area contributed by atoms with Crippen molar-refractivity contribution in [3.63, 3.8) is 0 Å². The van der Waals surface area contributed by atoms with Gasteiger partial charge >= 0.3 is 0 Å². The number of hydrogen-bond donors (Lipinski definition) is 2. The van der Waals surface area contributed by atoms with Crippen LogP contribution in [0.5, 0.6) is 5.75 Å². The van der Waals surface area contributed by atoms with Crippen LogP contribution in [-0.2, 0) is 4.79 Å². The average Bonchev–Trinajstić information content (AvgIpc) is 2.46. The van der Waals surface area contributed by atoms with Gasteiger partial charge in [0.2, 0.25) is 0 Å². The highest BCUT2D eigenvalue weighted by Gasteiger charge is 2.17. The molecule has 21 heavy (non-hydrogen) atoms. The highest BCUT2D eigenvalue weighted by molar-refractivity contribution is 6.05. The lowest BCUT2D eigenvalue weighted by molar-refractivity contribution is -0.118. The summed E-state index contributed by atoms with van der Waals surface area (Å²) in [5.41, 5.74) is 1.25. The molecular formula is C15H11FN2O3. The predicted molar refractivity (Wildman–Crippen MR) is 74.9 cm³/mol. The molecule has 0 unspecified atom stereocenters. The lowest BCUT2D eigenvalue weighted by Crippen LogP contribution is -2.25. The van der Waals surface area contributed by atoms with Crippen molar-refractivity contribution in [2.75, 3.05) is 17.2 Å². The van der Waals surface area contributed by atoms with Gasteiger partial charge in [0.15, 0.2) is 6.61 Å². The van der Waals surface area contributed by atoms with Crippen LogP contribution < -0.4 is 15.4 Å². The third kappa shape index (κ3) is 2.84. The van der Waals surface area contributed by atoms with Crippen molar-refractivity contribution < 1.29 is 18.7 Å². The van der Waals surface area contributed by atoms with Gasteiger partial charge in [0.05, 0.1) is 5.69 Å². The van der Waals surface area contributed by atoms with Gasteiger partial charge in [0.25, 0.3) is 11.8 Å². The Balaban J connectivity index is 1.81. The van der Waals surface area contributed by atoms with Crippen molar-refractivity contribution >= 4 is 23.2 Å². The van der Waals surface area contributed by atoms with Crippen molar-refractivity contribution in [1.82, 2.24) is 0 Å². The molecular weight excluding hydrogens is 275 g/mol. The summed E-state index contributed by atoms with van der Waals surface area (Å²) in [5.74, 6) is -0.617. The molecule has 0 saturated carbocycles. The number of rotatable bonds is 2. The van der Waals surface area contributed by atoms with Crippen molar-refractivity contribution in [1.29, 1.82) is 0 Å². The van der Waals surface area contributed by atoms with E-state index in [2.05, 4.69) is 10.6 Å². The average molecular weight is 286 g/mol. The van der Waals surface area contributed by atoms with E-state index in [1.165, 1.54) is 24.3 Å². The van der Waals surface area contributed by atoms with Crippen LogP contribution in [0.4, 0.5) is 15.8 Å². The first-order chi connectivity index (χ1) is 10.1. The van der Waals surface area contributed by atoms with E-state index in [1.807, 2.05) is 0 Å². The zero-order valence-corrected chi connectivity index (χ0v) is 10.9. The summed E-state index contributed by atoms with van der Waals surface area (Å²) in [6, 6.07) is 10.3. The van der Waals surface area contributed by atoms with E-state index in [1.54, 1.807) is 18.2 Å². The maximum atomic E-state index is 13.1. The highest BCUT2D eigenvalue weighted by atomic mass is 19.1. The second kappa shape index (κ2) is 5.24. The van der Waals surface area contributed by atoms with Crippen LogP contribution in [0, 0.1) is 5.82 Å². The fourth-order valence-corrected chi connectivity index (χ4v) is 1.99. The molecule has 0 bridgehead atoms. The number of benzene rings is 2. The largest absolute Gasteiger partial charge is 0.482 e. The molecule has 0 fully saturated rings. The molecule has 2 aromatic carbocycles. The molecule has 0 atom stereocenters. The quantitative estimate of drug-likeness (QED) is 0.891. The summed E-state index contributed by atoms with van der Waals surface area (Å²) in [7, 11) is 0. The number of halogens is 1. The topological polar surface area (TPSA) is 67.4 Å². The normalized spacial score (nSPS) is 12.9. The summed E-state index contributed by atoms with van der Waals surface area (Å²) >= 11 is 0. The minimum Gasteiger partial charge on any atom is -0.482 e. The van der Waals surface area contributed by atoms with Gasteiger partial charge in [0, 0.05) is 11.3 Å². The zero-order valence-electron chi connectivity index (χ0n) is 10.9. The molecule has 106 valence electrons. The molecule has 1 heterocycles. The molecule has 0 saturated heterocycles. The molecule has 3 rings (SSSR count). The van der Waals surface area contributed by atoms with Crippen molar-refractivity contribution in [3.05, 3.63) is 53.8 Å². The van der Waals surface area contributed by atoms with Crippen molar-refractivity contribution in [2.45, 2.75) is 0 Å². The fraction of sp³-hybridized carbons (Fsp3) is 0.0667. The number of carbonyl (C=O) groups excluding carboxylic acids is 2. The SMILES string of the molecule is O=C1COc2cc(C(=O)Nc3cccc(F)c3)ccc2N1. The minimum absolute atomic E-state index is 0.0814. The van der Waals surface area contributed by atoms with E-state index in [9.17, 15) is 14.0 Å². The third-order valence-corrected chi connectivity index (χ3v) is 2.96. The maximum Gasteiger partial charge on any atom is 0.262 e. The zero-order chi connectivity index (χ0) is 14.8. The van der Waals surface area contributed by atoms with Crippen LogP contribution in [0.1, 0.15) is 10.4 Å². The van der Waals surface area contributed by atoms with E-state index < -0.39 is 5.82 Å². The first-order valence-electron chi connectivity index (χ1n) is 6.25. The summed E-state index contributed by atoms with van der Waals surface area (Å²) in [4.78, 5) is 23.3. The summed E-state index contributed by atoms with van der Waals surface area (Å²) in [6.07, 6.45) is 0. The minimum atomic E-state index is -0.427. The molecule has 2 N–H and O–H groups in total. The van der Waals surface area contributed by atoms with Crippen LogP contribution in [0.2, 0.25) is 0 Å². The Morgan fingerprint density at radius 2 is 2.10 bits per heavy atom. The van der Waals surface area contributed by atoms with Crippen LogP contribution in [0.3, 0.4) is 0 Å². The van der Waals surface area contributed by atoms with Gasteiger partial charge in [-0.05, 0) is 36.4 Å². The van der Waals surface area contributed by atoms with E-state index in [0.29, 0.717) is 22.7 Å². The molecule has 5 nitrogen and oxygen atoms in total. The monoisotopic (exact) mass is 286 g/mol. The lowest BCUT2D eigenvalue weighted by Gasteiger charge is -2.18. The van der Waals surface area contributed by atoms with Gasteiger partial charge in [0.1, 0.15) is 11.6 Å². The molecule has 2 aromatic rings. The number of nitrogens with one attached hydrogen (secondary N) is 2. The Bertz CT molecular complexity index is 731. The molecule has 0 radical (unpaired) electrons. The van der Waals surface area contributed by atoms with E-state index >= 15 is 0 Å². The summed E-state index contributed by atoms with van der Waals surface area (Å²) in [5, 5.41) is 5.23. The van der Waals surface area contributed by atoms with Crippen molar-refractivity contribution in [3.8, 4) is 5.75 Å². The van der Waals surface area contributed by atoms with Crippen LogP contribution in [0.15, 0.2) is 42.5 Å². The second-order valence-electron chi connectivity index (χ2n) is 4.51. The van der Waals surface area contributed by atoms with Crippen LogP contribution >= 0.6 is 0 Å². The number of ether oxygens (including phenoxy) is 1. The standard InChI is InChI=1S/C15H11FN2O3/c16-10-2-1-3-11(7-10)17-15(20)9-4-5-12-13(6-9)21-8-14(19)18-12/h1-7H,8H2,(H,17,20)(H,18,19). The van der Waals surface area contributed by atoms with Crippen molar-refractivity contribution in [2.24, 2.45) is 0 Å². The Labute approximate surface area is 119 Å². The number of carbonyl (C=O) groups is 2. The smallest absolute Gasteiger partial charge is 0.262 e. The van der Waals surface area contributed by atoms with Gasteiger partial charge in [-0.2, -0.15) is 0 Å². The van der Waals surface area contributed by atoms with Crippen LogP contribution in [-0.4, -0.2) is 18.4 Å². The molecule has 0 aliphatic carbocycles. The number of hydrogen-bond acceptors (Lipinski definition) is 3. The molecule has 0 spiro atoms. The van der Waals surface area contributed by atoms with Gasteiger partial charge in [-0.1, -0.05) is 6.07 Å². The van der Waals surface area contributed by atoms with E-state index in [4.69, 9.17) is 4.74 Å². The molecule has 2 amide bonds.